The fourth-order valence-electron chi connectivity index (χ4n) is 0.871. The lowest BCUT2D eigenvalue weighted by atomic mass is 10.2. The number of carboxylic acids is 2. The molecule has 9 heteroatoms. The summed E-state index contributed by atoms with van der Waals surface area (Å²) in [5, 5.41) is 22.6. The first-order chi connectivity index (χ1) is 7.50. The molecule has 0 fully saturated rings. The molecule has 0 radical (unpaired) electrons. The highest BCUT2D eigenvalue weighted by molar-refractivity contribution is 7.07. The van der Waals surface area contributed by atoms with E-state index in [1.807, 2.05) is 0 Å². The van der Waals surface area contributed by atoms with E-state index in [4.69, 9.17) is 10.2 Å². The second kappa shape index (κ2) is 5.16. The molecule has 1 atom stereocenters. The number of rotatable bonds is 5. The van der Waals surface area contributed by atoms with Crippen molar-refractivity contribution < 1.29 is 24.6 Å². The Hall–Kier alpha value is -2.03. The molecule has 1 aromatic rings. The topological polar surface area (TPSA) is 129 Å². The minimum absolute atomic E-state index is 0.122. The van der Waals surface area contributed by atoms with Crippen LogP contribution in [0.4, 0.5) is 0 Å². The van der Waals surface area contributed by atoms with Gasteiger partial charge in [-0.2, -0.15) is 0 Å². The zero-order valence-electron chi connectivity index (χ0n) is 7.78. The minimum atomic E-state index is -1.47. The Bertz CT molecular complexity index is 404. The second-order valence-corrected chi connectivity index (χ2v) is 3.53. The van der Waals surface area contributed by atoms with Crippen molar-refractivity contribution in [1.82, 2.24) is 14.9 Å². The molecule has 16 heavy (non-hydrogen) atoms. The summed E-state index contributed by atoms with van der Waals surface area (Å²) in [6, 6.07) is -1.47. The summed E-state index contributed by atoms with van der Waals surface area (Å²) >= 11 is 0.790. The highest BCUT2D eigenvalue weighted by Gasteiger charge is 2.24. The van der Waals surface area contributed by atoms with Crippen LogP contribution in [0.15, 0.2) is 6.20 Å². The van der Waals surface area contributed by atoms with Gasteiger partial charge in [0.15, 0.2) is 0 Å². The van der Waals surface area contributed by atoms with Crippen molar-refractivity contribution in [1.29, 1.82) is 0 Å². The monoisotopic (exact) mass is 245 g/mol. The molecule has 1 rings (SSSR count). The van der Waals surface area contributed by atoms with Crippen LogP contribution in [0.2, 0.25) is 0 Å². The maximum atomic E-state index is 11.4. The summed E-state index contributed by atoms with van der Waals surface area (Å²) in [4.78, 5) is 32.5. The molecule has 0 aliphatic heterocycles. The van der Waals surface area contributed by atoms with E-state index in [1.165, 1.54) is 6.20 Å². The lowest BCUT2D eigenvalue weighted by Crippen LogP contribution is -2.41. The number of aliphatic carboxylic acids is 2. The van der Waals surface area contributed by atoms with Gasteiger partial charge in [0, 0.05) is 0 Å². The fourth-order valence-corrected chi connectivity index (χ4v) is 1.29. The van der Waals surface area contributed by atoms with Crippen LogP contribution >= 0.6 is 11.5 Å². The number of carbonyl (C=O) groups is 3. The second-order valence-electron chi connectivity index (χ2n) is 2.74. The summed E-state index contributed by atoms with van der Waals surface area (Å²) in [6.45, 7) is 0. The third kappa shape index (κ3) is 3.28. The van der Waals surface area contributed by atoms with Gasteiger partial charge in [-0.3, -0.25) is 9.59 Å². The van der Waals surface area contributed by atoms with Gasteiger partial charge in [-0.15, -0.1) is 5.10 Å². The van der Waals surface area contributed by atoms with Gasteiger partial charge >= 0.3 is 11.9 Å². The molecular weight excluding hydrogens is 238 g/mol. The number of amides is 1. The van der Waals surface area contributed by atoms with E-state index >= 15 is 0 Å². The Kier molecular flexibility index (Phi) is 3.89. The van der Waals surface area contributed by atoms with Crippen LogP contribution in [0.25, 0.3) is 0 Å². The van der Waals surface area contributed by atoms with Crippen molar-refractivity contribution in [2.24, 2.45) is 0 Å². The number of nitrogens with zero attached hydrogens (tertiary/aromatic N) is 2. The van der Waals surface area contributed by atoms with Crippen LogP contribution in [-0.4, -0.2) is 43.7 Å². The first-order valence-corrected chi connectivity index (χ1v) is 4.81. The smallest absolute Gasteiger partial charge is 0.326 e. The van der Waals surface area contributed by atoms with Crippen molar-refractivity contribution in [3.8, 4) is 0 Å². The number of hydrogen-bond acceptors (Lipinski definition) is 6. The van der Waals surface area contributed by atoms with Crippen LogP contribution in [0, 0.1) is 0 Å². The summed E-state index contributed by atoms with van der Waals surface area (Å²) in [7, 11) is 0. The molecule has 8 nitrogen and oxygen atoms in total. The molecule has 0 aliphatic rings. The Morgan fingerprint density at radius 2 is 2.12 bits per heavy atom. The largest absolute Gasteiger partial charge is 0.481 e. The molecule has 1 amide bonds. The van der Waals surface area contributed by atoms with Gasteiger partial charge in [-0.25, -0.2) is 4.79 Å². The first kappa shape index (κ1) is 12.0. The molecule has 0 spiro atoms. The molecule has 3 N–H and O–H groups in total. The molecule has 0 bridgehead atoms. The number of carbonyl (C=O) groups excluding carboxylic acids is 1. The van der Waals surface area contributed by atoms with Crippen LogP contribution in [0.3, 0.4) is 0 Å². The number of hydrogen-bond donors (Lipinski definition) is 3. The average molecular weight is 245 g/mol. The van der Waals surface area contributed by atoms with Gasteiger partial charge in [0.25, 0.3) is 5.91 Å². The normalized spacial score (nSPS) is 11.8. The predicted octanol–water partition coefficient (Wildman–Crippen LogP) is -0.804. The predicted molar refractivity (Wildman–Crippen MR) is 51.1 cm³/mol. The molecule has 0 aliphatic carbocycles. The lowest BCUT2D eigenvalue weighted by Gasteiger charge is -2.10. The molecule has 0 saturated carbocycles. The maximum absolute atomic E-state index is 11.4. The summed E-state index contributed by atoms with van der Waals surface area (Å²) < 4.78 is 3.42. The molecular formula is C7H7N3O5S. The summed E-state index contributed by atoms with van der Waals surface area (Å²) in [5.41, 5.74) is 0. The van der Waals surface area contributed by atoms with Gasteiger partial charge in [-0.1, -0.05) is 4.49 Å². The molecule has 1 aromatic heterocycles. The first-order valence-electron chi connectivity index (χ1n) is 4.03. The highest BCUT2D eigenvalue weighted by atomic mass is 32.1. The Balaban J connectivity index is 2.65. The van der Waals surface area contributed by atoms with Crippen LogP contribution in [0.5, 0.6) is 0 Å². The Morgan fingerprint density at radius 3 is 2.56 bits per heavy atom. The third-order valence-corrected chi connectivity index (χ3v) is 2.23. The molecule has 0 unspecified atom stereocenters. The van der Waals surface area contributed by atoms with E-state index in [0.29, 0.717) is 0 Å². The lowest BCUT2D eigenvalue weighted by molar-refractivity contribution is -0.145. The zero-order chi connectivity index (χ0) is 12.1. The SMILES string of the molecule is O=C(O)C[C@@H](NC(=O)c1cnns1)C(=O)O. The van der Waals surface area contributed by atoms with Crippen molar-refractivity contribution in [3.05, 3.63) is 11.1 Å². The molecule has 86 valence electrons. The van der Waals surface area contributed by atoms with Crippen molar-refractivity contribution in [2.45, 2.75) is 12.5 Å². The van der Waals surface area contributed by atoms with Gasteiger partial charge in [0.1, 0.15) is 10.9 Å². The summed E-state index contributed by atoms with van der Waals surface area (Å²) in [6.07, 6.45) is 0.479. The van der Waals surface area contributed by atoms with E-state index < -0.39 is 30.3 Å². The van der Waals surface area contributed by atoms with Crippen LogP contribution < -0.4 is 5.32 Å². The minimum Gasteiger partial charge on any atom is -0.481 e. The van der Waals surface area contributed by atoms with Crippen molar-refractivity contribution in [3.63, 3.8) is 0 Å². The Morgan fingerprint density at radius 1 is 1.44 bits per heavy atom. The quantitative estimate of drug-likeness (QED) is 0.618. The number of nitrogens with one attached hydrogen (secondary N) is 1. The van der Waals surface area contributed by atoms with Crippen molar-refractivity contribution >= 4 is 29.4 Å². The molecule has 0 aromatic carbocycles. The number of aromatic nitrogens is 2. The molecule has 1 heterocycles. The average Bonchev–Trinajstić information content (AvgIpc) is 2.68. The standard InChI is InChI=1S/C7H7N3O5S/c11-5(12)1-3(7(14)15)9-6(13)4-2-8-10-16-4/h2-3H,1H2,(H,9,13)(H,11,12)(H,14,15)/t3-/m1/s1. The fraction of sp³-hybridized carbons (Fsp3) is 0.286. The third-order valence-electron chi connectivity index (χ3n) is 1.57. The van der Waals surface area contributed by atoms with Gasteiger partial charge in [-0.05, 0) is 11.5 Å². The highest BCUT2D eigenvalue weighted by Crippen LogP contribution is 2.03. The van der Waals surface area contributed by atoms with Gasteiger partial charge in [0.2, 0.25) is 0 Å². The van der Waals surface area contributed by atoms with Gasteiger partial charge < -0.3 is 15.5 Å². The summed E-state index contributed by atoms with van der Waals surface area (Å²) in [5.74, 6) is -3.42. The van der Waals surface area contributed by atoms with Crippen molar-refractivity contribution in [2.75, 3.05) is 0 Å². The molecule has 0 saturated heterocycles. The van der Waals surface area contributed by atoms with E-state index in [9.17, 15) is 14.4 Å². The van der Waals surface area contributed by atoms with Crippen LogP contribution in [0.1, 0.15) is 16.1 Å². The van der Waals surface area contributed by atoms with Gasteiger partial charge in [0.05, 0.1) is 12.6 Å². The van der Waals surface area contributed by atoms with E-state index in [2.05, 4.69) is 14.9 Å². The van der Waals surface area contributed by atoms with Crippen LogP contribution in [-0.2, 0) is 9.59 Å². The van der Waals surface area contributed by atoms with E-state index in [1.54, 1.807) is 0 Å². The zero-order valence-corrected chi connectivity index (χ0v) is 8.60. The maximum Gasteiger partial charge on any atom is 0.326 e. The van der Waals surface area contributed by atoms with E-state index in [-0.39, 0.29) is 4.88 Å². The number of carboxylic acid groups (broad SMARTS) is 2. The Labute approximate surface area is 93.1 Å². The van der Waals surface area contributed by atoms with E-state index in [0.717, 1.165) is 11.5 Å².